The quantitative estimate of drug-likeness (QED) is 0.318. The van der Waals surface area contributed by atoms with Crippen LogP contribution in [0.1, 0.15) is 24.0 Å². The third-order valence-corrected chi connectivity index (χ3v) is 3.89. The average Bonchev–Trinajstić information content (AvgIpc) is 3.28. The highest BCUT2D eigenvalue weighted by molar-refractivity contribution is 14.0. The van der Waals surface area contributed by atoms with Gasteiger partial charge in [-0.3, -0.25) is 4.99 Å². The van der Waals surface area contributed by atoms with Gasteiger partial charge in [0.25, 0.3) is 0 Å². The molecule has 0 atom stereocenters. The van der Waals surface area contributed by atoms with Gasteiger partial charge in [0, 0.05) is 25.6 Å². The minimum Gasteiger partial charge on any atom is -0.356 e. The molecule has 7 heteroatoms. The number of aliphatic imine (C=N–C) groups is 1. The van der Waals surface area contributed by atoms with Gasteiger partial charge < -0.3 is 10.6 Å². The fourth-order valence-corrected chi connectivity index (χ4v) is 2.39. The van der Waals surface area contributed by atoms with Crippen LogP contribution in [0.2, 0.25) is 0 Å². The maximum atomic E-state index is 12.8. The van der Waals surface area contributed by atoms with E-state index in [0.29, 0.717) is 19.0 Å². The predicted molar refractivity (Wildman–Crippen MR) is 97.3 cm³/mol. The SMILES string of the molecule is C=CCNC(=NC)NCC1(c2cccc(C(F)(F)F)c2)CC1.I. The Hall–Kier alpha value is -1.25. The molecule has 1 fully saturated rings. The van der Waals surface area contributed by atoms with Crippen molar-refractivity contribution in [2.24, 2.45) is 4.99 Å². The van der Waals surface area contributed by atoms with Gasteiger partial charge in [-0.25, -0.2) is 0 Å². The molecule has 0 saturated heterocycles. The fourth-order valence-electron chi connectivity index (χ4n) is 2.39. The predicted octanol–water partition coefficient (Wildman–Crippen LogP) is 3.71. The number of hydrogen-bond donors (Lipinski definition) is 2. The van der Waals surface area contributed by atoms with Crippen LogP contribution >= 0.6 is 24.0 Å². The fraction of sp³-hybridized carbons (Fsp3) is 0.438. The van der Waals surface area contributed by atoms with Crippen molar-refractivity contribution in [3.8, 4) is 0 Å². The molecule has 1 aliphatic carbocycles. The van der Waals surface area contributed by atoms with Gasteiger partial charge in [-0.15, -0.1) is 30.6 Å². The molecule has 1 aliphatic rings. The normalized spacial score (nSPS) is 16.3. The number of rotatable bonds is 5. The number of alkyl halides is 3. The molecule has 1 saturated carbocycles. The van der Waals surface area contributed by atoms with E-state index in [0.717, 1.165) is 24.5 Å². The molecule has 0 spiro atoms. The van der Waals surface area contributed by atoms with Crippen molar-refractivity contribution in [1.29, 1.82) is 0 Å². The molecule has 0 heterocycles. The first-order chi connectivity index (χ1) is 10.4. The number of benzene rings is 1. The van der Waals surface area contributed by atoms with Crippen LogP contribution in [0.5, 0.6) is 0 Å². The van der Waals surface area contributed by atoms with Crippen molar-refractivity contribution >= 4 is 29.9 Å². The topological polar surface area (TPSA) is 36.4 Å². The Kier molecular flexibility index (Phi) is 6.91. The summed E-state index contributed by atoms with van der Waals surface area (Å²) in [5, 5.41) is 6.22. The minimum atomic E-state index is -4.30. The molecule has 0 aliphatic heterocycles. The van der Waals surface area contributed by atoms with Crippen molar-refractivity contribution in [2.45, 2.75) is 24.4 Å². The second-order valence-electron chi connectivity index (χ2n) is 5.45. The Morgan fingerprint density at radius 3 is 2.57 bits per heavy atom. The van der Waals surface area contributed by atoms with Gasteiger partial charge in [0.1, 0.15) is 0 Å². The maximum absolute atomic E-state index is 12.8. The van der Waals surface area contributed by atoms with E-state index in [9.17, 15) is 13.2 Å². The standard InChI is InChI=1S/C16H20F3N3.HI/c1-3-9-21-14(20-2)22-11-15(7-8-15)12-5-4-6-13(10-12)16(17,18)19;/h3-6,10H,1,7-9,11H2,2H3,(H2,20,21,22);1H. The van der Waals surface area contributed by atoms with Crippen LogP contribution in [0.15, 0.2) is 41.9 Å². The van der Waals surface area contributed by atoms with Crippen molar-refractivity contribution in [3.05, 3.63) is 48.0 Å². The second kappa shape index (κ2) is 8.03. The summed E-state index contributed by atoms with van der Waals surface area (Å²) in [4.78, 5) is 4.07. The van der Waals surface area contributed by atoms with Crippen LogP contribution < -0.4 is 10.6 Å². The zero-order valence-corrected chi connectivity index (χ0v) is 15.2. The Labute approximate surface area is 151 Å². The minimum absolute atomic E-state index is 0. The summed E-state index contributed by atoms with van der Waals surface area (Å²) in [6.07, 6.45) is -0.840. The molecule has 23 heavy (non-hydrogen) atoms. The molecule has 0 amide bonds. The zero-order valence-electron chi connectivity index (χ0n) is 12.9. The van der Waals surface area contributed by atoms with Crippen molar-refractivity contribution in [2.75, 3.05) is 20.1 Å². The summed E-state index contributed by atoms with van der Waals surface area (Å²) < 4.78 is 38.5. The first-order valence-electron chi connectivity index (χ1n) is 7.14. The number of hydrogen-bond acceptors (Lipinski definition) is 1. The van der Waals surface area contributed by atoms with Crippen LogP contribution in [0.3, 0.4) is 0 Å². The molecule has 1 aromatic carbocycles. The molecule has 1 aromatic rings. The van der Waals surface area contributed by atoms with E-state index in [1.807, 2.05) is 0 Å². The molecule has 2 N–H and O–H groups in total. The molecule has 0 aromatic heterocycles. The van der Waals surface area contributed by atoms with E-state index >= 15 is 0 Å². The first-order valence-corrected chi connectivity index (χ1v) is 7.14. The maximum Gasteiger partial charge on any atom is 0.416 e. The molecular weight excluding hydrogens is 418 g/mol. The summed E-state index contributed by atoms with van der Waals surface area (Å²) in [6, 6.07) is 5.61. The monoisotopic (exact) mass is 439 g/mol. The summed E-state index contributed by atoms with van der Waals surface area (Å²) in [7, 11) is 1.66. The lowest BCUT2D eigenvalue weighted by Gasteiger charge is -2.20. The molecule has 0 radical (unpaired) electrons. The number of nitrogens with one attached hydrogen (secondary N) is 2. The Balaban J connectivity index is 0.00000264. The Morgan fingerprint density at radius 1 is 1.35 bits per heavy atom. The third kappa shape index (κ3) is 5.12. The van der Waals surface area contributed by atoms with Gasteiger partial charge in [0.05, 0.1) is 5.56 Å². The Morgan fingerprint density at radius 2 is 2.04 bits per heavy atom. The van der Waals surface area contributed by atoms with E-state index in [2.05, 4.69) is 22.2 Å². The van der Waals surface area contributed by atoms with Crippen LogP contribution in [-0.2, 0) is 11.6 Å². The van der Waals surface area contributed by atoms with Crippen LogP contribution in [0, 0.1) is 0 Å². The highest BCUT2D eigenvalue weighted by atomic mass is 127. The van der Waals surface area contributed by atoms with Gasteiger partial charge in [-0.2, -0.15) is 13.2 Å². The van der Waals surface area contributed by atoms with Gasteiger partial charge >= 0.3 is 6.18 Å². The van der Waals surface area contributed by atoms with Crippen LogP contribution in [-0.4, -0.2) is 26.1 Å². The summed E-state index contributed by atoms with van der Waals surface area (Å²) in [6.45, 7) is 4.76. The third-order valence-electron chi connectivity index (χ3n) is 3.89. The highest BCUT2D eigenvalue weighted by Gasteiger charge is 2.45. The molecule has 128 valence electrons. The summed E-state index contributed by atoms with van der Waals surface area (Å²) >= 11 is 0. The smallest absolute Gasteiger partial charge is 0.356 e. The zero-order chi connectivity index (χ0) is 16.2. The molecule has 2 rings (SSSR count). The molecule has 0 unspecified atom stereocenters. The number of halogens is 4. The Bertz CT molecular complexity index is 566. The largest absolute Gasteiger partial charge is 0.416 e. The summed E-state index contributed by atoms with van der Waals surface area (Å²) in [5.41, 5.74) is -0.0907. The lowest BCUT2D eigenvalue weighted by Crippen LogP contribution is -2.41. The molecule has 3 nitrogen and oxygen atoms in total. The highest BCUT2D eigenvalue weighted by Crippen LogP contribution is 2.48. The summed E-state index contributed by atoms with van der Waals surface area (Å²) in [5.74, 6) is 0.623. The first kappa shape index (κ1) is 19.8. The average molecular weight is 439 g/mol. The second-order valence-corrected chi connectivity index (χ2v) is 5.45. The van der Waals surface area contributed by atoms with E-state index in [1.165, 1.54) is 12.1 Å². The molecule has 0 bridgehead atoms. The van der Waals surface area contributed by atoms with Gasteiger partial charge in [0.2, 0.25) is 0 Å². The lowest BCUT2D eigenvalue weighted by atomic mass is 9.94. The van der Waals surface area contributed by atoms with Crippen molar-refractivity contribution < 1.29 is 13.2 Å². The number of guanidine groups is 1. The van der Waals surface area contributed by atoms with Crippen molar-refractivity contribution in [1.82, 2.24) is 10.6 Å². The van der Waals surface area contributed by atoms with Crippen LogP contribution in [0.25, 0.3) is 0 Å². The van der Waals surface area contributed by atoms with Crippen molar-refractivity contribution in [3.63, 3.8) is 0 Å². The lowest BCUT2D eigenvalue weighted by molar-refractivity contribution is -0.137. The van der Waals surface area contributed by atoms with E-state index < -0.39 is 11.7 Å². The van der Waals surface area contributed by atoms with E-state index in [4.69, 9.17) is 0 Å². The number of nitrogens with zero attached hydrogens (tertiary/aromatic N) is 1. The van der Waals surface area contributed by atoms with E-state index in [-0.39, 0.29) is 29.4 Å². The van der Waals surface area contributed by atoms with E-state index in [1.54, 1.807) is 19.2 Å². The van der Waals surface area contributed by atoms with Gasteiger partial charge in [-0.1, -0.05) is 24.3 Å². The van der Waals surface area contributed by atoms with Crippen LogP contribution in [0.4, 0.5) is 13.2 Å². The molecular formula is C16H21F3IN3. The van der Waals surface area contributed by atoms with Gasteiger partial charge in [-0.05, 0) is 24.5 Å². The van der Waals surface area contributed by atoms with Gasteiger partial charge in [0.15, 0.2) is 5.96 Å².